The molecule has 1 aliphatic rings. The Labute approximate surface area is 179 Å². The Bertz CT molecular complexity index is 859. The molecule has 0 aliphatic carbocycles. The fourth-order valence-electron chi connectivity index (χ4n) is 3.73. The van der Waals surface area contributed by atoms with Gasteiger partial charge in [-0.2, -0.15) is 0 Å². The fourth-order valence-corrected chi connectivity index (χ4v) is 3.73. The number of pyridine rings is 1. The first-order valence-electron chi connectivity index (χ1n) is 10.5. The van der Waals surface area contributed by atoms with Gasteiger partial charge >= 0.3 is 0 Å². The molecule has 1 saturated heterocycles. The molecule has 6 nitrogen and oxygen atoms in total. The van der Waals surface area contributed by atoms with E-state index in [1.807, 2.05) is 44.1 Å². The van der Waals surface area contributed by atoms with Gasteiger partial charge in [0.1, 0.15) is 11.6 Å². The second kappa shape index (κ2) is 10.4. The predicted molar refractivity (Wildman–Crippen MR) is 121 cm³/mol. The number of hydrogen-bond acceptors (Lipinski definition) is 4. The topological polar surface area (TPSA) is 55.8 Å². The Balaban J connectivity index is 1.50. The maximum atomic E-state index is 14.0. The number of rotatable bonds is 6. The summed E-state index contributed by atoms with van der Waals surface area (Å²) in [6.07, 6.45) is 2.06. The molecule has 2 aromatic rings. The van der Waals surface area contributed by atoms with Crippen molar-refractivity contribution in [1.82, 2.24) is 20.5 Å². The van der Waals surface area contributed by atoms with E-state index in [9.17, 15) is 4.39 Å². The summed E-state index contributed by atoms with van der Waals surface area (Å²) in [5, 5.41) is 6.89. The minimum Gasteiger partial charge on any atom is -0.356 e. The molecular weight excluding hydrogens is 379 g/mol. The van der Waals surface area contributed by atoms with Crippen molar-refractivity contribution in [2.24, 2.45) is 4.99 Å². The molecule has 0 amide bonds. The highest BCUT2D eigenvalue weighted by Gasteiger charge is 2.21. The normalized spacial score (nSPS) is 15.5. The van der Waals surface area contributed by atoms with Crippen LogP contribution < -0.4 is 15.5 Å². The largest absolute Gasteiger partial charge is 0.356 e. The fraction of sp³-hybridized carbons (Fsp3) is 0.478. The van der Waals surface area contributed by atoms with Crippen LogP contribution in [0.2, 0.25) is 0 Å². The Morgan fingerprint density at radius 1 is 1.23 bits per heavy atom. The van der Waals surface area contributed by atoms with Crippen molar-refractivity contribution in [3.63, 3.8) is 0 Å². The monoisotopic (exact) mass is 412 g/mol. The Morgan fingerprint density at radius 2 is 2.00 bits per heavy atom. The molecule has 1 fully saturated rings. The molecule has 0 spiro atoms. The van der Waals surface area contributed by atoms with Crippen LogP contribution in [0.4, 0.5) is 10.2 Å². The van der Waals surface area contributed by atoms with Gasteiger partial charge in [-0.15, -0.1) is 0 Å². The number of hydrogen-bond donors (Lipinski definition) is 2. The lowest BCUT2D eigenvalue weighted by atomic mass is 10.1. The van der Waals surface area contributed by atoms with Gasteiger partial charge in [0.05, 0.1) is 0 Å². The third-order valence-electron chi connectivity index (χ3n) is 5.31. The minimum atomic E-state index is -0.162. The van der Waals surface area contributed by atoms with Crippen LogP contribution in [0, 0.1) is 12.7 Å². The lowest BCUT2D eigenvalue weighted by Gasteiger charge is -2.34. The van der Waals surface area contributed by atoms with E-state index in [4.69, 9.17) is 0 Å². The number of aromatic nitrogens is 1. The minimum absolute atomic E-state index is 0.162. The van der Waals surface area contributed by atoms with E-state index in [1.54, 1.807) is 13.1 Å². The third kappa shape index (κ3) is 6.16. The van der Waals surface area contributed by atoms with Gasteiger partial charge in [0, 0.05) is 50.5 Å². The smallest absolute Gasteiger partial charge is 0.191 e. The summed E-state index contributed by atoms with van der Waals surface area (Å²) in [6.45, 7) is 5.15. The van der Waals surface area contributed by atoms with Crippen molar-refractivity contribution in [2.45, 2.75) is 38.9 Å². The molecular formula is C23H33FN6. The van der Waals surface area contributed by atoms with Crippen LogP contribution in [0.25, 0.3) is 0 Å². The Morgan fingerprint density at radius 3 is 2.67 bits per heavy atom. The van der Waals surface area contributed by atoms with Gasteiger partial charge in [-0.05, 0) is 63.7 Å². The van der Waals surface area contributed by atoms with Gasteiger partial charge in [-0.25, -0.2) is 9.37 Å². The second-order valence-electron chi connectivity index (χ2n) is 8.13. The van der Waals surface area contributed by atoms with E-state index in [0.29, 0.717) is 24.7 Å². The highest BCUT2D eigenvalue weighted by molar-refractivity contribution is 5.80. The summed E-state index contributed by atoms with van der Waals surface area (Å²) < 4.78 is 14.0. The third-order valence-corrected chi connectivity index (χ3v) is 5.31. The van der Waals surface area contributed by atoms with E-state index in [0.717, 1.165) is 49.0 Å². The summed E-state index contributed by atoms with van der Waals surface area (Å²) in [6, 6.07) is 11.8. The Kier molecular flexibility index (Phi) is 7.63. The van der Waals surface area contributed by atoms with Gasteiger partial charge in [-0.1, -0.05) is 12.1 Å². The van der Waals surface area contributed by atoms with Crippen LogP contribution in [0.15, 0.2) is 41.4 Å². The number of nitrogens with one attached hydrogen (secondary N) is 2. The van der Waals surface area contributed by atoms with Crippen LogP contribution in [-0.2, 0) is 13.1 Å². The number of nitrogens with zero attached hydrogens (tertiary/aromatic N) is 4. The highest BCUT2D eigenvalue weighted by atomic mass is 19.1. The number of aryl methyl sites for hydroxylation is 1. The number of benzene rings is 1. The number of guanidine groups is 1. The quantitative estimate of drug-likeness (QED) is 0.564. The van der Waals surface area contributed by atoms with Crippen LogP contribution in [-0.4, -0.2) is 56.1 Å². The number of piperidine rings is 1. The number of halogens is 1. The standard InChI is InChI=1S/C23H33FN6/c1-17-6-5-7-22(27-17)30-12-10-20(11-13-30)28-23(25-2)26-15-18-8-9-21(24)19(14-18)16-29(3)4/h5-9,14,20H,10-13,15-16H2,1-4H3,(H2,25,26,28). The molecule has 0 bridgehead atoms. The lowest BCUT2D eigenvalue weighted by Crippen LogP contribution is -2.48. The van der Waals surface area contributed by atoms with Crippen LogP contribution in [0.1, 0.15) is 29.7 Å². The van der Waals surface area contributed by atoms with Gasteiger partial charge in [-0.3, -0.25) is 4.99 Å². The summed E-state index contributed by atoms with van der Waals surface area (Å²) in [5.41, 5.74) is 2.79. The van der Waals surface area contributed by atoms with E-state index in [-0.39, 0.29) is 5.82 Å². The van der Waals surface area contributed by atoms with Crippen molar-refractivity contribution in [3.8, 4) is 0 Å². The molecule has 1 aliphatic heterocycles. The zero-order valence-corrected chi connectivity index (χ0v) is 18.5. The van der Waals surface area contributed by atoms with E-state index < -0.39 is 0 Å². The molecule has 1 aromatic heterocycles. The first-order chi connectivity index (χ1) is 14.4. The molecule has 30 heavy (non-hydrogen) atoms. The molecule has 0 atom stereocenters. The van der Waals surface area contributed by atoms with Gasteiger partial charge < -0.3 is 20.4 Å². The SMILES string of the molecule is CN=C(NCc1ccc(F)c(CN(C)C)c1)NC1CCN(c2cccc(C)n2)CC1. The summed E-state index contributed by atoms with van der Waals surface area (Å²) >= 11 is 0. The average Bonchev–Trinajstić information content (AvgIpc) is 2.73. The number of aliphatic imine (C=N–C) groups is 1. The summed E-state index contributed by atoms with van der Waals surface area (Å²) in [7, 11) is 5.66. The van der Waals surface area contributed by atoms with E-state index >= 15 is 0 Å². The van der Waals surface area contributed by atoms with Crippen molar-refractivity contribution < 1.29 is 4.39 Å². The Hall–Kier alpha value is -2.67. The summed E-state index contributed by atoms with van der Waals surface area (Å²) in [5.74, 6) is 1.67. The maximum absolute atomic E-state index is 14.0. The zero-order valence-electron chi connectivity index (χ0n) is 18.5. The molecule has 162 valence electrons. The van der Waals surface area contributed by atoms with Crippen molar-refractivity contribution >= 4 is 11.8 Å². The second-order valence-corrected chi connectivity index (χ2v) is 8.13. The molecule has 0 radical (unpaired) electrons. The first-order valence-corrected chi connectivity index (χ1v) is 10.5. The molecule has 1 aromatic carbocycles. The van der Waals surface area contributed by atoms with Gasteiger partial charge in [0.2, 0.25) is 0 Å². The van der Waals surface area contributed by atoms with Crippen LogP contribution >= 0.6 is 0 Å². The molecule has 0 unspecified atom stereocenters. The van der Waals surface area contributed by atoms with Crippen LogP contribution in [0.3, 0.4) is 0 Å². The van der Waals surface area contributed by atoms with Crippen molar-refractivity contribution in [1.29, 1.82) is 0 Å². The average molecular weight is 413 g/mol. The molecule has 2 heterocycles. The van der Waals surface area contributed by atoms with Crippen molar-refractivity contribution in [2.75, 3.05) is 39.1 Å². The molecule has 0 saturated carbocycles. The zero-order chi connectivity index (χ0) is 21.5. The van der Waals surface area contributed by atoms with E-state index in [2.05, 4.69) is 37.6 Å². The summed E-state index contributed by atoms with van der Waals surface area (Å²) in [4.78, 5) is 13.3. The van der Waals surface area contributed by atoms with Gasteiger partial charge in [0.15, 0.2) is 5.96 Å². The van der Waals surface area contributed by atoms with Gasteiger partial charge in [0.25, 0.3) is 0 Å². The predicted octanol–water partition coefficient (Wildman–Crippen LogP) is 2.92. The molecule has 2 N–H and O–H groups in total. The molecule has 7 heteroatoms. The van der Waals surface area contributed by atoms with Crippen molar-refractivity contribution in [3.05, 3.63) is 59.0 Å². The maximum Gasteiger partial charge on any atom is 0.191 e. The number of anilines is 1. The highest BCUT2D eigenvalue weighted by Crippen LogP contribution is 2.18. The first kappa shape index (κ1) is 22.0. The van der Waals surface area contributed by atoms with E-state index in [1.165, 1.54) is 0 Å². The molecule has 3 rings (SSSR count). The lowest BCUT2D eigenvalue weighted by molar-refractivity contribution is 0.392. The van der Waals surface area contributed by atoms with Crippen LogP contribution in [0.5, 0.6) is 0 Å².